The average molecular weight is 280 g/mol. The number of nitrogens with zero attached hydrogens (tertiary/aromatic N) is 6. The zero-order chi connectivity index (χ0) is 14.7. The van der Waals surface area contributed by atoms with Crippen molar-refractivity contribution in [1.29, 1.82) is 5.26 Å². The molecule has 0 radical (unpaired) electrons. The Hall–Kier alpha value is -2.68. The minimum Gasteiger partial charge on any atom is -0.353 e. The van der Waals surface area contributed by atoms with Gasteiger partial charge in [-0.2, -0.15) is 5.26 Å². The number of hydrogen-bond donors (Lipinski definition) is 0. The van der Waals surface area contributed by atoms with Crippen LogP contribution in [0.2, 0.25) is 0 Å². The maximum atomic E-state index is 8.93. The van der Waals surface area contributed by atoms with Gasteiger partial charge in [0, 0.05) is 38.6 Å². The quantitative estimate of drug-likeness (QED) is 0.827. The van der Waals surface area contributed by atoms with Gasteiger partial charge in [-0.3, -0.25) is 4.98 Å². The van der Waals surface area contributed by atoms with Crippen LogP contribution >= 0.6 is 0 Å². The van der Waals surface area contributed by atoms with Gasteiger partial charge in [0.1, 0.15) is 23.4 Å². The Morgan fingerprint density at radius 3 is 2.48 bits per heavy atom. The fourth-order valence-electron chi connectivity index (χ4n) is 2.52. The van der Waals surface area contributed by atoms with Crippen LogP contribution in [0.5, 0.6) is 0 Å². The van der Waals surface area contributed by atoms with Crippen molar-refractivity contribution in [2.45, 2.75) is 6.92 Å². The molecule has 1 aliphatic heterocycles. The maximum Gasteiger partial charge on any atom is 0.150 e. The summed E-state index contributed by atoms with van der Waals surface area (Å²) >= 11 is 0. The number of aromatic nitrogens is 3. The van der Waals surface area contributed by atoms with Gasteiger partial charge in [0.05, 0.1) is 5.69 Å². The second-order valence-corrected chi connectivity index (χ2v) is 4.93. The van der Waals surface area contributed by atoms with Gasteiger partial charge >= 0.3 is 0 Å². The molecule has 0 bridgehead atoms. The van der Waals surface area contributed by atoms with E-state index in [-0.39, 0.29) is 0 Å². The summed E-state index contributed by atoms with van der Waals surface area (Å²) in [5.41, 5.74) is 1.41. The third kappa shape index (κ3) is 2.77. The number of piperazine rings is 1. The molecular formula is C15H16N6. The van der Waals surface area contributed by atoms with E-state index >= 15 is 0 Å². The summed E-state index contributed by atoms with van der Waals surface area (Å²) in [6.45, 7) is 5.44. The Morgan fingerprint density at radius 1 is 1.05 bits per heavy atom. The van der Waals surface area contributed by atoms with Crippen molar-refractivity contribution in [3.63, 3.8) is 0 Å². The van der Waals surface area contributed by atoms with Gasteiger partial charge in [0.15, 0.2) is 0 Å². The van der Waals surface area contributed by atoms with Crippen molar-refractivity contribution in [3.8, 4) is 6.07 Å². The van der Waals surface area contributed by atoms with Crippen LogP contribution in [0.1, 0.15) is 11.4 Å². The molecule has 2 aromatic rings. The normalized spacial score (nSPS) is 14.9. The zero-order valence-corrected chi connectivity index (χ0v) is 11.9. The lowest BCUT2D eigenvalue weighted by Gasteiger charge is -2.36. The van der Waals surface area contributed by atoms with E-state index in [2.05, 4.69) is 30.8 Å². The van der Waals surface area contributed by atoms with Crippen LogP contribution in [-0.2, 0) is 0 Å². The molecule has 0 spiro atoms. The van der Waals surface area contributed by atoms with Crippen LogP contribution in [0.4, 0.5) is 11.6 Å². The van der Waals surface area contributed by atoms with Crippen LogP contribution < -0.4 is 9.80 Å². The second-order valence-electron chi connectivity index (χ2n) is 4.93. The molecule has 21 heavy (non-hydrogen) atoms. The first-order valence-corrected chi connectivity index (χ1v) is 6.92. The van der Waals surface area contributed by atoms with E-state index in [0.717, 1.165) is 43.5 Å². The molecule has 6 nitrogen and oxygen atoms in total. The standard InChI is InChI=1S/C15H16N6/c1-12-15(18-6-5-17-12)21-9-7-20(8-10-21)14-4-2-3-13(11-16)19-14/h2-6H,7-10H2,1H3. The van der Waals surface area contributed by atoms with E-state index in [1.165, 1.54) is 0 Å². The van der Waals surface area contributed by atoms with Crippen LogP contribution in [0, 0.1) is 18.3 Å². The van der Waals surface area contributed by atoms with Crippen LogP contribution in [-0.4, -0.2) is 41.1 Å². The van der Waals surface area contributed by atoms with Gasteiger partial charge in [0.25, 0.3) is 0 Å². The van der Waals surface area contributed by atoms with Crippen LogP contribution in [0.15, 0.2) is 30.6 Å². The first-order chi connectivity index (χ1) is 10.3. The van der Waals surface area contributed by atoms with E-state index in [9.17, 15) is 0 Å². The summed E-state index contributed by atoms with van der Waals surface area (Å²) in [6.07, 6.45) is 3.44. The third-order valence-electron chi connectivity index (χ3n) is 3.61. The van der Waals surface area contributed by atoms with Gasteiger partial charge in [-0.05, 0) is 19.1 Å². The van der Waals surface area contributed by atoms with Gasteiger partial charge < -0.3 is 9.80 Å². The summed E-state index contributed by atoms with van der Waals surface area (Å²) in [5, 5.41) is 8.93. The molecule has 0 aromatic carbocycles. The lowest BCUT2D eigenvalue weighted by molar-refractivity contribution is 0.638. The number of rotatable bonds is 2. The lowest BCUT2D eigenvalue weighted by Crippen LogP contribution is -2.47. The molecule has 0 unspecified atom stereocenters. The summed E-state index contributed by atoms with van der Waals surface area (Å²) in [4.78, 5) is 17.5. The summed E-state index contributed by atoms with van der Waals surface area (Å²) in [7, 11) is 0. The Labute approximate surface area is 123 Å². The van der Waals surface area contributed by atoms with Crippen molar-refractivity contribution in [3.05, 3.63) is 42.0 Å². The van der Waals surface area contributed by atoms with E-state index < -0.39 is 0 Å². The SMILES string of the molecule is Cc1nccnc1N1CCN(c2cccc(C#N)n2)CC1. The predicted octanol–water partition coefficient (Wildman–Crippen LogP) is 1.38. The number of anilines is 2. The number of pyridine rings is 1. The van der Waals surface area contributed by atoms with Crippen molar-refractivity contribution >= 4 is 11.6 Å². The number of aryl methyl sites for hydroxylation is 1. The summed E-state index contributed by atoms with van der Waals surface area (Å²) in [5.74, 6) is 1.82. The molecule has 3 heterocycles. The highest BCUT2D eigenvalue weighted by Crippen LogP contribution is 2.19. The Balaban J connectivity index is 1.71. The molecule has 0 saturated carbocycles. The molecule has 6 heteroatoms. The first-order valence-electron chi connectivity index (χ1n) is 6.92. The Bertz CT molecular complexity index is 670. The lowest BCUT2D eigenvalue weighted by atomic mass is 10.2. The highest BCUT2D eigenvalue weighted by molar-refractivity contribution is 5.47. The fourth-order valence-corrected chi connectivity index (χ4v) is 2.52. The molecule has 1 aliphatic rings. The van der Waals surface area contributed by atoms with Crippen molar-refractivity contribution in [1.82, 2.24) is 15.0 Å². The van der Waals surface area contributed by atoms with E-state index in [0.29, 0.717) is 5.69 Å². The number of hydrogen-bond acceptors (Lipinski definition) is 6. The minimum absolute atomic E-state index is 0.458. The maximum absolute atomic E-state index is 8.93. The predicted molar refractivity (Wildman–Crippen MR) is 80.1 cm³/mol. The molecule has 0 atom stereocenters. The van der Waals surface area contributed by atoms with Gasteiger partial charge in [-0.1, -0.05) is 6.07 Å². The van der Waals surface area contributed by atoms with Gasteiger partial charge in [-0.25, -0.2) is 9.97 Å². The fraction of sp³-hybridized carbons (Fsp3) is 0.333. The van der Waals surface area contributed by atoms with Crippen LogP contribution in [0.25, 0.3) is 0 Å². The smallest absolute Gasteiger partial charge is 0.150 e. The Kier molecular flexibility index (Phi) is 3.65. The molecule has 1 fully saturated rings. The highest BCUT2D eigenvalue weighted by Gasteiger charge is 2.20. The zero-order valence-electron chi connectivity index (χ0n) is 11.9. The first kappa shape index (κ1) is 13.3. The monoisotopic (exact) mass is 280 g/mol. The number of nitriles is 1. The highest BCUT2D eigenvalue weighted by atomic mass is 15.3. The topological polar surface area (TPSA) is 68.9 Å². The van der Waals surface area contributed by atoms with Gasteiger partial charge in [-0.15, -0.1) is 0 Å². The Morgan fingerprint density at radius 2 is 1.76 bits per heavy atom. The van der Waals surface area contributed by atoms with Crippen molar-refractivity contribution in [2.24, 2.45) is 0 Å². The molecule has 3 rings (SSSR count). The molecule has 106 valence electrons. The molecule has 0 N–H and O–H groups in total. The summed E-state index contributed by atoms with van der Waals surface area (Å²) in [6, 6.07) is 7.63. The van der Waals surface area contributed by atoms with E-state index in [1.54, 1.807) is 18.5 Å². The molecule has 0 aliphatic carbocycles. The third-order valence-corrected chi connectivity index (χ3v) is 3.61. The van der Waals surface area contributed by atoms with Crippen molar-refractivity contribution in [2.75, 3.05) is 36.0 Å². The molecule has 0 amide bonds. The van der Waals surface area contributed by atoms with Crippen LogP contribution in [0.3, 0.4) is 0 Å². The minimum atomic E-state index is 0.458. The molecular weight excluding hydrogens is 264 g/mol. The largest absolute Gasteiger partial charge is 0.353 e. The average Bonchev–Trinajstić information content (AvgIpc) is 2.56. The van der Waals surface area contributed by atoms with E-state index in [4.69, 9.17) is 5.26 Å². The van der Waals surface area contributed by atoms with Gasteiger partial charge in [0.2, 0.25) is 0 Å². The van der Waals surface area contributed by atoms with E-state index in [1.807, 2.05) is 19.1 Å². The molecule has 1 saturated heterocycles. The second kappa shape index (κ2) is 5.75. The van der Waals surface area contributed by atoms with Crippen molar-refractivity contribution < 1.29 is 0 Å². The molecule has 2 aromatic heterocycles. The summed E-state index contributed by atoms with van der Waals surface area (Å²) < 4.78 is 0.